The molecule has 0 bridgehead atoms. The molecule has 0 saturated heterocycles. The van der Waals surface area contributed by atoms with E-state index in [0.717, 1.165) is 18.2 Å². The van der Waals surface area contributed by atoms with E-state index in [1.165, 1.54) is 0 Å². The average molecular weight is 344 g/mol. The maximum Gasteiger partial charge on any atom is 0.336 e. The van der Waals surface area contributed by atoms with Crippen molar-refractivity contribution in [1.29, 1.82) is 0 Å². The Morgan fingerprint density at radius 3 is 2.33 bits per heavy atom. The second-order valence-electron chi connectivity index (χ2n) is 2.50. The molecule has 0 aromatic heterocycles. The van der Waals surface area contributed by atoms with Crippen molar-refractivity contribution in [2.45, 2.75) is 4.90 Å². The summed E-state index contributed by atoms with van der Waals surface area (Å²) in [5.41, 5.74) is -0.368. The fourth-order valence-corrected chi connectivity index (χ4v) is 2.35. The Bertz CT molecular complexity index is 520. The first-order valence-corrected chi connectivity index (χ1v) is 6.88. The molecule has 0 unspecified atom stereocenters. The minimum absolute atomic E-state index is 0.0775. The summed E-state index contributed by atoms with van der Waals surface area (Å²) in [7, 11) is -4.44. The molecule has 2 N–H and O–H groups in total. The van der Waals surface area contributed by atoms with Gasteiger partial charge in [-0.05, 0) is 18.2 Å². The summed E-state index contributed by atoms with van der Waals surface area (Å²) in [4.78, 5) is 10.1. The van der Waals surface area contributed by atoms with Gasteiger partial charge in [-0.3, -0.25) is 7.62 Å². The molecule has 0 amide bonds. The van der Waals surface area contributed by atoms with Crippen LogP contribution >= 0.6 is 21.2 Å². The molecule has 0 heterocycles. The molecular formula is C7H5IO6S. The molecule has 0 aliphatic heterocycles. The molecule has 0 atom stereocenters. The molecule has 6 nitrogen and oxygen atoms in total. The highest BCUT2D eigenvalue weighted by molar-refractivity contribution is 14.1. The second kappa shape index (κ2) is 4.33. The maximum atomic E-state index is 10.7. The van der Waals surface area contributed by atoms with Crippen molar-refractivity contribution >= 4 is 37.3 Å². The van der Waals surface area contributed by atoms with Gasteiger partial charge in [0.2, 0.25) is 0 Å². The van der Waals surface area contributed by atoms with Crippen LogP contribution in [0.5, 0.6) is 0 Å². The predicted molar refractivity (Wildman–Crippen MR) is 56.6 cm³/mol. The number of carbonyl (C=O) groups is 1. The van der Waals surface area contributed by atoms with Gasteiger partial charge in [-0.2, -0.15) is 8.42 Å². The van der Waals surface area contributed by atoms with Crippen LogP contribution in [0.4, 0.5) is 0 Å². The zero-order valence-corrected chi connectivity index (χ0v) is 10.0. The highest BCUT2D eigenvalue weighted by Crippen LogP contribution is 2.20. The number of hydrogen-bond acceptors (Lipinski definition) is 4. The van der Waals surface area contributed by atoms with E-state index in [1.54, 1.807) is 0 Å². The Labute approximate surface area is 95.3 Å². The Kier molecular flexibility index (Phi) is 3.52. The normalized spacial score (nSPS) is 11.3. The van der Waals surface area contributed by atoms with Gasteiger partial charge in [-0.25, -0.2) is 4.79 Å². The lowest BCUT2D eigenvalue weighted by molar-refractivity contribution is 0.0695. The summed E-state index contributed by atoms with van der Waals surface area (Å²) in [6, 6.07) is 2.91. The molecule has 0 spiro atoms. The topological polar surface area (TPSA) is 109 Å². The molecule has 1 rings (SSSR count). The predicted octanol–water partition coefficient (Wildman–Crippen LogP) is 1.12. The summed E-state index contributed by atoms with van der Waals surface area (Å²) in [6.07, 6.45) is 0. The van der Waals surface area contributed by atoms with Crippen LogP contribution in [-0.2, 0) is 13.2 Å². The molecular weight excluding hydrogens is 339 g/mol. The maximum absolute atomic E-state index is 10.7. The first-order chi connectivity index (χ1) is 6.86. The van der Waals surface area contributed by atoms with Gasteiger partial charge in [0, 0.05) is 0 Å². The van der Waals surface area contributed by atoms with Crippen LogP contribution < -0.4 is 0 Å². The Balaban J connectivity index is 3.48. The van der Waals surface area contributed by atoms with Gasteiger partial charge >= 0.3 is 5.97 Å². The van der Waals surface area contributed by atoms with Crippen molar-refractivity contribution < 1.29 is 25.9 Å². The van der Waals surface area contributed by atoms with Crippen LogP contribution in [0.15, 0.2) is 23.1 Å². The number of carboxylic acid groups (broad SMARTS) is 1. The van der Waals surface area contributed by atoms with Crippen LogP contribution in [0.2, 0.25) is 0 Å². The van der Waals surface area contributed by atoms with E-state index in [-0.39, 0.29) is 9.13 Å². The average Bonchev–Trinajstić information content (AvgIpc) is 2.15. The zero-order valence-electron chi connectivity index (χ0n) is 7.05. The second-order valence-corrected chi connectivity index (χ2v) is 5.52. The van der Waals surface area contributed by atoms with Crippen molar-refractivity contribution in [3.63, 3.8) is 0 Å². The standard InChI is InChI=1S/C7H5IO6S/c9-7(10)5-3-4(15(12,13)14)1-2-6(5)8-11/h1-3H,(H,9,10)(H,12,13,14). The van der Waals surface area contributed by atoms with E-state index >= 15 is 0 Å². The Hall–Kier alpha value is -0.870. The third-order valence-electron chi connectivity index (χ3n) is 1.55. The summed E-state index contributed by atoms with van der Waals surface area (Å²) in [5.74, 6) is -1.38. The highest BCUT2D eigenvalue weighted by Gasteiger charge is 2.16. The monoisotopic (exact) mass is 344 g/mol. The number of carboxylic acids is 1. The molecule has 8 heteroatoms. The van der Waals surface area contributed by atoms with Gasteiger partial charge in [0.25, 0.3) is 10.1 Å². The van der Waals surface area contributed by atoms with E-state index in [9.17, 15) is 16.3 Å². The SMILES string of the molecule is O=Ic1ccc(S(=O)(=O)O)cc1C(=O)O. The number of hydrogen-bond donors (Lipinski definition) is 2. The lowest BCUT2D eigenvalue weighted by Crippen LogP contribution is -2.04. The van der Waals surface area contributed by atoms with Gasteiger partial charge in [-0.1, -0.05) is 0 Å². The fourth-order valence-electron chi connectivity index (χ4n) is 0.896. The Morgan fingerprint density at radius 1 is 1.33 bits per heavy atom. The molecule has 0 aliphatic rings. The summed E-state index contributed by atoms with van der Waals surface area (Å²) in [5, 5.41) is 8.69. The van der Waals surface area contributed by atoms with E-state index in [4.69, 9.17) is 9.66 Å². The zero-order chi connectivity index (χ0) is 11.6. The minimum atomic E-state index is -4.44. The van der Waals surface area contributed by atoms with Crippen LogP contribution in [-0.4, -0.2) is 24.0 Å². The van der Waals surface area contributed by atoms with Crippen molar-refractivity contribution in [2.75, 3.05) is 0 Å². The molecule has 1 aromatic carbocycles. The van der Waals surface area contributed by atoms with Gasteiger partial charge in [0.1, 0.15) is 0 Å². The van der Waals surface area contributed by atoms with Crippen LogP contribution in [0, 0.1) is 3.57 Å². The number of rotatable bonds is 3. The van der Waals surface area contributed by atoms with Gasteiger partial charge in [-0.15, -0.1) is 0 Å². The number of benzene rings is 1. The van der Waals surface area contributed by atoms with E-state index in [0.29, 0.717) is 0 Å². The first kappa shape index (κ1) is 12.2. The third kappa shape index (κ3) is 2.79. The molecule has 0 radical (unpaired) electrons. The smallest absolute Gasteiger partial charge is 0.336 e. The van der Waals surface area contributed by atoms with E-state index < -0.39 is 42.2 Å². The van der Waals surface area contributed by atoms with Gasteiger partial charge in [0.05, 0.1) is 14.0 Å². The highest BCUT2D eigenvalue weighted by atomic mass is 127. The molecule has 82 valence electrons. The van der Waals surface area contributed by atoms with Crippen LogP contribution in [0.1, 0.15) is 10.4 Å². The molecule has 0 fully saturated rings. The lowest BCUT2D eigenvalue weighted by atomic mass is 10.2. The Morgan fingerprint density at radius 2 is 1.93 bits per heavy atom. The lowest BCUT2D eigenvalue weighted by Gasteiger charge is -2.01. The van der Waals surface area contributed by atoms with Crippen LogP contribution in [0.25, 0.3) is 0 Å². The van der Waals surface area contributed by atoms with Gasteiger partial charge in [0.15, 0.2) is 21.2 Å². The molecule has 0 saturated carbocycles. The largest absolute Gasteiger partial charge is 0.478 e. The van der Waals surface area contributed by atoms with Crippen LogP contribution in [0.3, 0.4) is 0 Å². The van der Waals surface area contributed by atoms with Crippen molar-refractivity contribution in [1.82, 2.24) is 0 Å². The van der Waals surface area contributed by atoms with Crippen molar-refractivity contribution in [2.24, 2.45) is 0 Å². The molecule has 1 aromatic rings. The van der Waals surface area contributed by atoms with E-state index in [2.05, 4.69) is 0 Å². The number of halogens is 1. The summed E-state index contributed by atoms with van der Waals surface area (Å²) < 4.78 is 40.8. The third-order valence-corrected chi connectivity index (χ3v) is 3.81. The fraction of sp³-hybridized carbons (Fsp3) is 0. The molecule has 0 aliphatic carbocycles. The van der Waals surface area contributed by atoms with Gasteiger partial charge < -0.3 is 5.11 Å². The first-order valence-electron chi connectivity index (χ1n) is 3.48. The number of aromatic carboxylic acids is 1. The van der Waals surface area contributed by atoms with E-state index in [1.807, 2.05) is 0 Å². The summed E-state index contributed by atoms with van der Waals surface area (Å²) in [6.45, 7) is 0. The van der Waals surface area contributed by atoms with Crippen molar-refractivity contribution in [3.05, 3.63) is 27.3 Å². The summed E-state index contributed by atoms with van der Waals surface area (Å²) >= 11 is -1.70. The van der Waals surface area contributed by atoms with Crippen molar-refractivity contribution in [3.8, 4) is 0 Å². The quantitative estimate of drug-likeness (QED) is 0.628. The molecule has 15 heavy (non-hydrogen) atoms. The minimum Gasteiger partial charge on any atom is -0.478 e.